The SMILES string of the molecule is CCCCOC(=O)CCC(O)c1ccccc1C#N. The van der Waals surface area contributed by atoms with E-state index in [1.807, 2.05) is 13.0 Å². The van der Waals surface area contributed by atoms with Gasteiger partial charge in [-0.05, 0) is 24.5 Å². The molecular weight excluding hydrogens is 242 g/mol. The van der Waals surface area contributed by atoms with Crippen molar-refractivity contribution in [2.24, 2.45) is 0 Å². The molecule has 102 valence electrons. The molecule has 0 saturated carbocycles. The second-order valence-corrected chi connectivity index (χ2v) is 4.33. The average molecular weight is 261 g/mol. The first-order chi connectivity index (χ1) is 9.19. The lowest BCUT2D eigenvalue weighted by Crippen LogP contribution is -2.09. The van der Waals surface area contributed by atoms with Gasteiger partial charge in [0, 0.05) is 6.42 Å². The molecule has 1 aromatic rings. The molecule has 0 aliphatic heterocycles. The molecule has 0 saturated heterocycles. The Bertz CT molecular complexity index is 451. The lowest BCUT2D eigenvalue weighted by Gasteiger charge is -2.12. The van der Waals surface area contributed by atoms with E-state index in [0.29, 0.717) is 17.7 Å². The lowest BCUT2D eigenvalue weighted by molar-refractivity contribution is -0.144. The molecule has 0 aliphatic carbocycles. The number of hydrogen-bond donors (Lipinski definition) is 1. The van der Waals surface area contributed by atoms with Gasteiger partial charge in [-0.1, -0.05) is 31.5 Å². The summed E-state index contributed by atoms with van der Waals surface area (Å²) in [6.45, 7) is 2.45. The standard InChI is InChI=1S/C15H19NO3/c1-2-3-10-19-15(18)9-8-14(17)13-7-5-4-6-12(13)11-16/h4-7,14,17H,2-3,8-10H2,1H3. The van der Waals surface area contributed by atoms with Gasteiger partial charge in [0.2, 0.25) is 0 Å². The van der Waals surface area contributed by atoms with Gasteiger partial charge in [-0.15, -0.1) is 0 Å². The third kappa shape index (κ3) is 5.11. The number of ether oxygens (including phenoxy) is 1. The van der Waals surface area contributed by atoms with Crippen LogP contribution in [0.2, 0.25) is 0 Å². The molecule has 1 rings (SSSR count). The van der Waals surface area contributed by atoms with Gasteiger partial charge in [0.1, 0.15) is 0 Å². The highest BCUT2D eigenvalue weighted by atomic mass is 16.5. The lowest BCUT2D eigenvalue weighted by atomic mass is 10.00. The van der Waals surface area contributed by atoms with Gasteiger partial charge in [-0.3, -0.25) is 4.79 Å². The van der Waals surface area contributed by atoms with Gasteiger partial charge in [0.25, 0.3) is 0 Å². The maximum absolute atomic E-state index is 11.4. The van der Waals surface area contributed by atoms with Crippen LogP contribution in [-0.4, -0.2) is 17.7 Å². The highest BCUT2D eigenvalue weighted by Gasteiger charge is 2.14. The zero-order chi connectivity index (χ0) is 14.1. The van der Waals surface area contributed by atoms with E-state index in [-0.39, 0.29) is 18.8 Å². The van der Waals surface area contributed by atoms with Gasteiger partial charge in [0.15, 0.2) is 0 Å². The third-order valence-electron chi connectivity index (χ3n) is 2.82. The van der Waals surface area contributed by atoms with Crippen molar-refractivity contribution in [2.45, 2.75) is 38.7 Å². The minimum absolute atomic E-state index is 0.157. The van der Waals surface area contributed by atoms with Crippen molar-refractivity contribution in [1.29, 1.82) is 5.26 Å². The molecule has 1 aromatic carbocycles. The molecule has 4 heteroatoms. The van der Waals surface area contributed by atoms with Crippen molar-refractivity contribution in [2.75, 3.05) is 6.61 Å². The summed E-state index contributed by atoms with van der Waals surface area (Å²) in [6.07, 6.45) is 1.44. The largest absolute Gasteiger partial charge is 0.466 e. The first-order valence-electron chi connectivity index (χ1n) is 6.51. The molecule has 1 N–H and O–H groups in total. The number of carbonyl (C=O) groups is 1. The minimum Gasteiger partial charge on any atom is -0.466 e. The van der Waals surface area contributed by atoms with Crippen LogP contribution in [-0.2, 0) is 9.53 Å². The number of rotatable bonds is 7. The van der Waals surface area contributed by atoms with Crippen LogP contribution in [0.5, 0.6) is 0 Å². The highest BCUT2D eigenvalue weighted by molar-refractivity contribution is 5.69. The molecule has 0 aliphatic rings. The van der Waals surface area contributed by atoms with Crippen LogP contribution < -0.4 is 0 Å². The number of nitrogens with zero attached hydrogens (tertiary/aromatic N) is 1. The maximum atomic E-state index is 11.4. The first-order valence-corrected chi connectivity index (χ1v) is 6.51. The van der Waals surface area contributed by atoms with E-state index in [2.05, 4.69) is 0 Å². The molecule has 0 radical (unpaired) electrons. The normalized spacial score (nSPS) is 11.6. The van der Waals surface area contributed by atoms with E-state index in [9.17, 15) is 9.90 Å². The molecule has 0 aromatic heterocycles. The van der Waals surface area contributed by atoms with Crippen LogP contribution in [0, 0.1) is 11.3 Å². The molecule has 0 bridgehead atoms. The van der Waals surface area contributed by atoms with Gasteiger partial charge in [-0.2, -0.15) is 5.26 Å². The van der Waals surface area contributed by atoms with Crippen molar-refractivity contribution >= 4 is 5.97 Å². The minimum atomic E-state index is -0.811. The summed E-state index contributed by atoms with van der Waals surface area (Å²) < 4.78 is 5.01. The van der Waals surface area contributed by atoms with Gasteiger partial charge in [-0.25, -0.2) is 0 Å². The van der Waals surface area contributed by atoms with Crippen molar-refractivity contribution in [3.8, 4) is 6.07 Å². The smallest absolute Gasteiger partial charge is 0.305 e. The Kier molecular flexibility index (Phi) is 6.62. The summed E-state index contributed by atoms with van der Waals surface area (Å²) in [6, 6.07) is 8.89. The van der Waals surface area contributed by atoms with Gasteiger partial charge in [0.05, 0.1) is 24.3 Å². The van der Waals surface area contributed by atoms with E-state index >= 15 is 0 Å². The molecule has 19 heavy (non-hydrogen) atoms. The Hall–Kier alpha value is -1.86. The second kappa shape index (κ2) is 8.28. The monoisotopic (exact) mass is 261 g/mol. The first kappa shape index (κ1) is 15.2. The van der Waals surface area contributed by atoms with E-state index in [4.69, 9.17) is 10.00 Å². The number of esters is 1. The van der Waals surface area contributed by atoms with E-state index < -0.39 is 6.10 Å². The van der Waals surface area contributed by atoms with Crippen molar-refractivity contribution in [3.05, 3.63) is 35.4 Å². The number of aliphatic hydroxyl groups is 1. The summed E-state index contributed by atoms with van der Waals surface area (Å²) in [5.74, 6) is -0.304. The van der Waals surface area contributed by atoms with E-state index in [1.165, 1.54) is 0 Å². The molecule has 0 spiro atoms. The van der Waals surface area contributed by atoms with E-state index in [1.54, 1.807) is 24.3 Å². The fourth-order valence-corrected chi connectivity index (χ4v) is 1.70. The molecule has 0 amide bonds. The summed E-state index contributed by atoms with van der Waals surface area (Å²) in [5, 5.41) is 18.9. The number of benzene rings is 1. The van der Waals surface area contributed by atoms with Crippen LogP contribution in [0.1, 0.15) is 49.8 Å². The zero-order valence-electron chi connectivity index (χ0n) is 11.1. The van der Waals surface area contributed by atoms with Crippen LogP contribution in [0.15, 0.2) is 24.3 Å². The summed E-state index contributed by atoms with van der Waals surface area (Å²) >= 11 is 0. The number of aliphatic hydroxyl groups excluding tert-OH is 1. The molecular formula is C15H19NO3. The third-order valence-corrected chi connectivity index (χ3v) is 2.82. The van der Waals surface area contributed by atoms with Crippen LogP contribution in [0.3, 0.4) is 0 Å². The molecule has 4 nitrogen and oxygen atoms in total. The fraction of sp³-hybridized carbons (Fsp3) is 0.467. The van der Waals surface area contributed by atoms with Gasteiger partial charge >= 0.3 is 5.97 Å². The number of unbranched alkanes of at least 4 members (excludes halogenated alkanes) is 1. The quantitative estimate of drug-likeness (QED) is 0.605. The Labute approximate surface area is 113 Å². The number of nitriles is 1. The van der Waals surface area contributed by atoms with E-state index in [0.717, 1.165) is 12.8 Å². The summed E-state index contributed by atoms with van der Waals surface area (Å²) in [5.41, 5.74) is 1.00. The van der Waals surface area contributed by atoms with Crippen molar-refractivity contribution in [3.63, 3.8) is 0 Å². The van der Waals surface area contributed by atoms with Crippen LogP contribution in [0.4, 0.5) is 0 Å². The Morgan fingerprint density at radius 3 is 2.89 bits per heavy atom. The predicted molar refractivity (Wildman–Crippen MR) is 71.2 cm³/mol. The predicted octanol–water partition coefficient (Wildman–Crippen LogP) is 2.72. The fourth-order valence-electron chi connectivity index (χ4n) is 1.70. The molecule has 0 heterocycles. The Balaban J connectivity index is 2.45. The summed E-state index contributed by atoms with van der Waals surface area (Å²) in [4.78, 5) is 11.4. The molecule has 1 unspecified atom stereocenters. The van der Waals surface area contributed by atoms with Crippen molar-refractivity contribution in [1.82, 2.24) is 0 Å². The number of carbonyl (C=O) groups excluding carboxylic acids is 1. The molecule has 0 fully saturated rings. The number of hydrogen-bond acceptors (Lipinski definition) is 4. The maximum Gasteiger partial charge on any atom is 0.305 e. The Morgan fingerprint density at radius 1 is 1.47 bits per heavy atom. The topological polar surface area (TPSA) is 70.3 Å². The van der Waals surface area contributed by atoms with Crippen molar-refractivity contribution < 1.29 is 14.6 Å². The summed E-state index contributed by atoms with van der Waals surface area (Å²) in [7, 11) is 0. The average Bonchev–Trinajstić information content (AvgIpc) is 2.45. The highest BCUT2D eigenvalue weighted by Crippen LogP contribution is 2.21. The zero-order valence-corrected chi connectivity index (χ0v) is 11.1. The second-order valence-electron chi connectivity index (χ2n) is 4.33. The van der Waals surface area contributed by atoms with Gasteiger partial charge < -0.3 is 9.84 Å². The molecule has 1 atom stereocenters. The Morgan fingerprint density at radius 2 is 2.21 bits per heavy atom. The van der Waals surface area contributed by atoms with Crippen LogP contribution in [0.25, 0.3) is 0 Å². The van der Waals surface area contributed by atoms with Crippen LogP contribution >= 0.6 is 0 Å².